The molecule has 0 amide bonds. The number of hydrogen-bond acceptors (Lipinski definition) is 4. The van der Waals surface area contributed by atoms with Crippen molar-refractivity contribution in [1.29, 1.82) is 0 Å². The Balaban J connectivity index is 0.00000106. The summed E-state index contributed by atoms with van der Waals surface area (Å²) < 4.78 is 0.649. The first-order valence-electron chi connectivity index (χ1n) is 5.87. The van der Waals surface area contributed by atoms with E-state index in [1.807, 2.05) is 36.4 Å². The topological polar surface area (TPSA) is 37.3 Å². The molecule has 0 aliphatic rings. The van der Waals surface area contributed by atoms with E-state index in [2.05, 4.69) is 52.4 Å². The van der Waals surface area contributed by atoms with Crippen LogP contribution in [0.3, 0.4) is 0 Å². The quantitative estimate of drug-likeness (QED) is 0.377. The van der Waals surface area contributed by atoms with Gasteiger partial charge >= 0.3 is 24.8 Å². The fourth-order valence-corrected chi connectivity index (χ4v) is 2.20. The van der Waals surface area contributed by atoms with Gasteiger partial charge in [0.1, 0.15) is 0 Å². The van der Waals surface area contributed by atoms with Crippen LogP contribution in [0.4, 0.5) is 0 Å². The SMILES string of the molecule is S=C(NN=Cc1ccccn1)SCc1ccccc1.[Cl][Ni]. The third-order valence-corrected chi connectivity index (χ3v) is 3.53. The van der Waals surface area contributed by atoms with Gasteiger partial charge in [-0.3, -0.25) is 10.4 Å². The molecule has 0 fully saturated rings. The summed E-state index contributed by atoms with van der Waals surface area (Å²) in [5.74, 6) is 0.839. The zero-order chi connectivity index (χ0) is 15.3. The molecule has 0 unspecified atom stereocenters. The Hall–Kier alpha value is -0.936. The number of aromatic nitrogens is 1. The van der Waals surface area contributed by atoms with Gasteiger partial charge in [0.15, 0.2) is 4.32 Å². The second-order valence-corrected chi connectivity index (χ2v) is 5.34. The first-order chi connectivity index (χ1) is 10.3. The van der Waals surface area contributed by atoms with Crippen LogP contribution in [0.5, 0.6) is 0 Å². The fraction of sp³-hybridized carbons (Fsp3) is 0.0714. The minimum atomic E-state index is 0.649. The Morgan fingerprint density at radius 1 is 1.24 bits per heavy atom. The average Bonchev–Trinajstić information content (AvgIpc) is 2.57. The van der Waals surface area contributed by atoms with Crippen LogP contribution < -0.4 is 5.43 Å². The second kappa shape index (κ2) is 11.7. The first kappa shape index (κ1) is 18.1. The summed E-state index contributed by atoms with van der Waals surface area (Å²) in [7, 11) is 4.26. The summed E-state index contributed by atoms with van der Waals surface area (Å²) in [4.78, 5) is 4.13. The van der Waals surface area contributed by atoms with Crippen molar-refractivity contribution in [2.75, 3.05) is 0 Å². The second-order valence-electron chi connectivity index (χ2n) is 3.69. The molecule has 21 heavy (non-hydrogen) atoms. The summed E-state index contributed by atoms with van der Waals surface area (Å²) in [6.07, 6.45) is 3.37. The maximum atomic E-state index is 5.19. The number of rotatable bonds is 4. The van der Waals surface area contributed by atoms with Gasteiger partial charge in [-0.05, 0) is 17.7 Å². The van der Waals surface area contributed by atoms with E-state index in [4.69, 9.17) is 12.2 Å². The molecule has 0 saturated carbocycles. The van der Waals surface area contributed by atoms with E-state index in [-0.39, 0.29) is 0 Å². The zero-order valence-electron chi connectivity index (χ0n) is 10.9. The van der Waals surface area contributed by atoms with Crippen molar-refractivity contribution in [3.8, 4) is 0 Å². The Bertz CT molecular complexity index is 553. The van der Waals surface area contributed by atoms with Gasteiger partial charge in [0.25, 0.3) is 0 Å². The number of nitrogens with one attached hydrogen (secondary N) is 1. The number of benzene rings is 1. The van der Waals surface area contributed by atoms with Gasteiger partial charge in [-0.2, -0.15) is 5.10 Å². The number of nitrogens with zero attached hydrogens (tertiary/aromatic N) is 2. The van der Waals surface area contributed by atoms with Crippen LogP contribution in [-0.4, -0.2) is 15.5 Å². The van der Waals surface area contributed by atoms with Crippen LogP contribution in [0.15, 0.2) is 59.8 Å². The number of pyridine rings is 1. The van der Waals surface area contributed by atoms with Crippen molar-refractivity contribution in [2.45, 2.75) is 5.75 Å². The Kier molecular flexibility index (Phi) is 10.1. The van der Waals surface area contributed by atoms with E-state index in [9.17, 15) is 0 Å². The Morgan fingerprint density at radius 3 is 2.62 bits per heavy atom. The third-order valence-electron chi connectivity index (χ3n) is 2.25. The zero-order valence-corrected chi connectivity index (χ0v) is 14.3. The van der Waals surface area contributed by atoms with E-state index in [1.165, 1.54) is 5.56 Å². The van der Waals surface area contributed by atoms with Gasteiger partial charge in [0.2, 0.25) is 0 Å². The normalized spacial score (nSPS) is 9.86. The van der Waals surface area contributed by atoms with Crippen molar-refractivity contribution in [3.05, 3.63) is 66.0 Å². The number of thiocarbonyl (C=S) groups is 1. The van der Waals surface area contributed by atoms with Crippen molar-refractivity contribution >= 4 is 44.7 Å². The minimum absolute atomic E-state index is 0.649. The van der Waals surface area contributed by atoms with E-state index >= 15 is 0 Å². The maximum absolute atomic E-state index is 5.19. The number of thioether (sulfide) groups is 1. The van der Waals surface area contributed by atoms with Crippen LogP contribution in [0, 0.1) is 0 Å². The fourth-order valence-electron chi connectivity index (χ4n) is 1.36. The molecule has 0 aliphatic carbocycles. The van der Waals surface area contributed by atoms with Crippen LogP contribution in [-0.2, 0) is 20.3 Å². The van der Waals surface area contributed by atoms with E-state index in [0.29, 0.717) is 4.32 Å². The van der Waals surface area contributed by atoms with Gasteiger partial charge < -0.3 is 0 Å². The molecule has 0 aliphatic heterocycles. The summed E-state index contributed by atoms with van der Waals surface area (Å²) in [5.41, 5.74) is 4.86. The number of hydrogen-bond donors (Lipinski definition) is 1. The molecule has 3 nitrogen and oxygen atoms in total. The summed E-state index contributed by atoms with van der Waals surface area (Å²) in [6, 6.07) is 15.9. The molecule has 7 heteroatoms. The number of halogens is 1. The Morgan fingerprint density at radius 2 is 1.95 bits per heavy atom. The molecular weight excluding hydrogens is 368 g/mol. The molecule has 1 aromatic heterocycles. The van der Waals surface area contributed by atoms with Crippen molar-refractivity contribution in [2.24, 2.45) is 5.10 Å². The van der Waals surface area contributed by atoms with Crippen molar-refractivity contribution in [1.82, 2.24) is 10.4 Å². The van der Waals surface area contributed by atoms with Crippen LogP contribution >= 0.6 is 34.2 Å². The molecule has 1 heterocycles. The molecule has 0 bridgehead atoms. The summed E-state index contributed by atoms with van der Waals surface area (Å²) in [6.45, 7) is 0. The molecule has 0 radical (unpaired) electrons. The predicted octanol–water partition coefficient (Wildman–Crippen LogP) is 3.91. The van der Waals surface area contributed by atoms with Gasteiger partial charge in [0, 0.05) is 11.9 Å². The molecule has 0 atom stereocenters. The standard InChI is InChI=1S/C14H13N3S2.ClH.Ni/c18-14(19-11-12-6-2-1-3-7-12)17-16-10-13-8-4-5-9-15-13;;/h1-10H,11H2,(H,17,18);1H;/q;;+1/p-1. The van der Waals surface area contributed by atoms with Gasteiger partial charge in [-0.15, -0.1) is 0 Å². The monoisotopic (exact) mass is 380 g/mol. The van der Waals surface area contributed by atoms with Crippen LogP contribution in [0.1, 0.15) is 11.3 Å². The molecule has 0 spiro atoms. The molecule has 0 saturated heterocycles. The van der Waals surface area contributed by atoms with Gasteiger partial charge in [-0.1, -0.05) is 60.4 Å². The Labute approximate surface area is 146 Å². The van der Waals surface area contributed by atoms with Crippen LogP contribution in [0.2, 0.25) is 0 Å². The summed E-state index contributed by atoms with van der Waals surface area (Å²) in [5, 5.41) is 4.05. The average molecular weight is 382 g/mol. The number of hydrazone groups is 1. The molecular formula is C14H13ClN3NiS2. The van der Waals surface area contributed by atoms with Crippen molar-refractivity contribution in [3.63, 3.8) is 0 Å². The van der Waals surface area contributed by atoms with Gasteiger partial charge in [-0.25, -0.2) is 0 Å². The predicted molar refractivity (Wildman–Crippen MR) is 91.2 cm³/mol. The van der Waals surface area contributed by atoms with E-state index in [0.717, 1.165) is 11.4 Å². The van der Waals surface area contributed by atoms with Crippen molar-refractivity contribution < 1.29 is 14.6 Å². The first-order valence-corrected chi connectivity index (χ1v) is 8.62. The van der Waals surface area contributed by atoms with Gasteiger partial charge in [0.05, 0.1) is 11.9 Å². The molecule has 1 aromatic carbocycles. The molecule has 2 rings (SSSR count). The summed E-state index contributed by atoms with van der Waals surface area (Å²) >= 11 is 10.1. The van der Waals surface area contributed by atoms with E-state index in [1.54, 1.807) is 24.2 Å². The van der Waals surface area contributed by atoms with E-state index < -0.39 is 0 Å². The van der Waals surface area contributed by atoms with Crippen LogP contribution in [0.25, 0.3) is 0 Å². The molecule has 2 aromatic rings. The molecule has 113 valence electrons. The molecule has 1 N–H and O–H groups in total. The third kappa shape index (κ3) is 8.17.